The van der Waals surface area contributed by atoms with Crippen LogP contribution in [0.15, 0.2) is 10.7 Å². The molecule has 0 amide bonds. The van der Waals surface area contributed by atoms with Gasteiger partial charge in [-0.2, -0.15) is 4.98 Å². The molecule has 0 atom stereocenters. The molecule has 4 saturated carbocycles. The average molecular weight is 247 g/mol. The van der Waals surface area contributed by atoms with Crippen molar-refractivity contribution >= 4 is 6.01 Å². The molecule has 4 fully saturated rings. The molecule has 4 nitrogen and oxygen atoms in total. The summed E-state index contributed by atoms with van der Waals surface area (Å²) in [5, 5.41) is 3.55. The zero-order valence-corrected chi connectivity index (χ0v) is 10.6. The monoisotopic (exact) mass is 247 g/mol. The first-order valence-corrected chi connectivity index (χ1v) is 7.23. The molecule has 4 heteroatoms. The number of oxazole rings is 1. The number of anilines is 1. The second-order valence-corrected chi connectivity index (χ2v) is 6.45. The van der Waals surface area contributed by atoms with Gasteiger partial charge >= 0.3 is 0 Å². The third kappa shape index (κ3) is 1.66. The van der Waals surface area contributed by atoms with Gasteiger partial charge < -0.3 is 15.5 Å². The topological polar surface area (TPSA) is 64.1 Å². The van der Waals surface area contributed by atoms with Crippen LogP contribution in [-0.2, 0) is 6.54 Å². The summed E-state index contributed by atoms with van der Waals surface area (Å²) >= 11 is 0. The largest absolute Gasteiger partial charge is 0.432 e. The van der Waals surface area contributed by atoms with Crippen molar-refractivity contribution < 1.29 is 4.42 Å². The number of nitrogens with zero attached hydrogens (tertiary/aromatic N) is 1. The molecule has 5 rings (SSSR count). The van der Waals surface area contributed by atoms with E-state index in [1.807, 2.05) is 0 Å². The van der Waals surface area contributed by atoms with Crippen molar-refractivity contribution in [3.8, 4) is 0 Å². The van der Waals surface area contributed by atoms with Crippen LogP contribution >= 0.6 is 0 Å². The van der Waals surface area contributed by atoms with E-state index in [1.165, 1.54) is 32.1 Å². The number of aromatic nitrogens is 1. The Bertz CT molecular complexity index is 414. The molecular weight excluding hydrogens is 226 g/mol. The summed E-state index contributed by atoms with van der Waals surface area (Å²) in [6.45, 7) is 0.451. The quantitative estimate of drug-likeness (QED) is 0.860. The normalized spacial score (nSPS) is 41.3. The molecule has 0 aliphatic heterocycles. The first-order chi connectivity index (χ1) is 8.81. The van der Waals surface area contributed by atoms with E-state index < -0.39 is 0 Å². The van der Waals surface area contributed by atoms with Crippen molar-refractivity contribution in [2.75, 3.05) is 5.32 Å². The van der Waals surface area contributed by atoms with Crippen LogP contribution < -0.4 is 11.1 Å². The Morgan fingerprint density at radius 3 is 2.39 bits per heavy atom. The summed E-state index contributed by atoms with van der Waals surface area (Å²) in [6, 6.07) is 1.26. The van der Waals surface area contributed by atoms with Crippen molar-refractivity contribution in [1.82, 2.24) is 4.98 Å². The van der Waals surface area contributed by atoms with E-state index in [0.29, 0.717) is 18.6 Å². The van der Waals surface area contributed by atoms with Gasteiger partial charge in [-0.3, -0.25) is 0 Å². The van der Waals surface area contributed by atoms with Crippen molar-refractivity contribution in [3.05, 3.63) is 12.0 Å². The third-order valence-corrected chi connectivity index (χ3v) is 5.28. The third-order valence-electron chi connectivity index (χ3n) is 5.28. The summed E-state index contributed by atoms with van der Waals surface area (Å²) in [5.74, 6) is 3.70. The van der Waals surface area contributed by atoms with E-state index in [0.717, 1.165) is 29.4 Å². The van der Waals surface area contributed by atoms with Gasteiger partial charge in [-0.25, -0.2) is 0 Å². The fourth-order valence-corrected chi connectivity index (χ4v) is 4.77. The molecule has 0 saturated heterocycles. The molecule has 4 bridgehead atoms. The molecule has 0 aromatic carbocycles. The lowest BCUT2D eigenvalue weighted by molar-refractivity contribution is 0.00677. The van der Waals surface area contributed by atoms with E-state index >= 15 is 0 Å². The van der Waals surface area contributed by atoms with Gasteiger partial charge in [0, 0.05) is 12.6 Å². The molecule has 3 N–H and O–H groups in total. The fraction of sp³-hybridized carbons (Fsp3) is 0.786. The van der Waals surface area contributed by atoms with Gasteiger partial charge in [-0.1, -0.05) is 0 Å². The Morgan fingerprint density at radius 1 is 1.17 bits per heavy atom. The predicted molar refractivity (Wildman–Crippen MR) is 68.9 cm³/mol. The maximum absolute atomic E-state index is 5.56. The number of hydrogen-bond donors (Lipinski definition) is 2. The van der Waals surface area contributed by atoms with Gasteiger partial charge in [0.15, 0.2) is 0 Å². The summed E-state index contributed by atoms with van der Waals surface area (Å²) in [5.41, 5.74) is 6.40. The molecule has 4 aliphatic rings. The summed E-state index contributed by atoms with van der Waals surface area (Å²) in [7, 11) is 0. The van der Waals surface area contributed by atoms with E-state index in [9.17, 15) is 0 Å². The van der Waals surface area contributed by atoms with Crippen LogP contribution in [0.2, 0.25) is 0 Å². The maximum atomic E-state index is 5.56. The zero-order chi connectivity index (χ0) is 12.1. The minimum Gasteiger partial charge on any atom is -0.432 e. The highest BCUT2D eigenvalue weighted by atomic mass is 16.4. The smallest absolute Gasteiger partial charge is 0.295 e. The molecule has 1 aromatic rings. The first-order valence-electron chi connectivity index (χ1n) is 7.23. The number of hydrogen-bond acceptors (Lipinski definition) is 4. The first kappa shape index (κ1) is 10.9. The second-order valence-electron chi connectivity index (χ2n) is 6.45. The Labute approximate surface area is 107 Å². The number of nitrogens with one attached hydrogen (secondary N) is 1. The molecular formula is C14H21N3O. The van der Waals surface area contributed by atoms with Crippen LogP contribution in [-0.4, -0.2) is 11.0 Å². The number of rotatable bonds is 3. The van der Waals surface area contributed by atoms with Gasteiger partial charge in [0.2, 0.25) is 0 Å². The van der Waals surface area contributed by atoms with Crippen LogP contribution in [0.25, 0.3) is 0 Å². The van der Waals surface area contributed by atoms with Crippen molar-refractivity contribution in [2.45, 2.75) is 44.7 Å². The summed E-state index contributed by atoms with van der Waals surface area (Å²) in [4.78, 5) is 4.38. The van der Waals surface area contributed by atoms with Gasteiger partial charge in [0.1, 0.15) is 6.26 Å². The second kappa shape index (κ2) is 3.98. The highest BCUT2D eigenvalue weighted by Gasteiger charge is 2.48. The molecule has 1 aromatic heterocycles. The van der Waals surface area contributed by atoms with Gasteiger partial charge in [-0.05, 0) is 55.8 Å². The van der Waals surface area contributed by atoms with Crippen LogP contribution in [0, 0.1) is 23.7 Å². The van der Waals surface area contributed by atoms with E-state index in [2.05, 4.69) is 10.3 Å². The molecule has 4 aliphatic carbocycles. The van der Waals surface area contributed by atoms with Crippen molar-refractivity contribution in [2.24, 2.45) is 29.4 Å². The number of nitrogens with two attached hydrogens (primary N) is 1. The highest BCUT2D eigenvalue weighted by molar-refractivity contribution is 5.26. The van der Waals surface area contributed by atoms with Crippen LogP contribution in [0.3, 0.4) is 0 Å². The highest BCUT2D eigenvalue weighted by Crippen LogP contribution is 2.54. The Balaban J connectivity index is 1.51. The van der Waals surface area contributed by atoms with E-state index in [-0.39, 0.29) is 0 Å². The van der Waals surface area contributed by atoms with E-state index in [4.69, 9.17) is 10.2 Å². The van der Waals surface area contributed by atoms with Gasteiger partial charge in [0.05, 0.1) is 5.69 Å². The average Bonchev–Trinajstić information content (AvgIpc) is 2.80. The predicted octanol–water partition coefficient (Wildman–Crippen LogP) is 2.37. The zero-order valence-electron chi connectivity index (χ0n) is 10.6. The lowest BCUT2D eigenvalue weighted by Gasteiger charge is -2.54. The van der Waals surface area contributed by atoms with E-state index in [1.54, 1.807) is 6.26 Å². The Hall–Kier alpha value is -1.03. The standard InChI is InChI=1S/C14H21N3O/c15-6-12-7-18-14(16-12)17-13-10-2-8-1-9(4-10)5-11(13)3-8/h7-11,13H,1-6,15H2,(H,16,17). The van der Waals surface area contributed by atoms with Gasteiger partial charge in [-0.15, -0.1) is 0 Å². The molecule has 98 valence electrons. The Morgan fingerprint density at radius 2 is 1.83 bits per heavy atom. The molecule has 1 heterocycles. The fourth-order valence-electron chi connectivity index (χ4n) is 4.77. The Kier molecular flexibility index (Phi) is 2.40. The molecule has 0 unspecified atom stereocenters. The SMILES string of the molecule is NCc1coc(NC2C3CC4CC(C3)CC2C4)n1. The molecule has 0 radical (unpaired) electrons. The molecule has 0 spiro atoms. The molecule has 18 heavy (non-hydrogen) atoms. The maximum Gasteiger partial charge on any atom is 0.295 e. The minimum atomic E-state index is 0.451. The van der Waals surface area contributed by atoms with Crippen LogP contribution in [0.4, 0.5) is 6.01 Å². The lowest BCUT2D eigenvalue weighted by Crippen LogP contribution is -2.51. The lowest BCUT2D eigenvalue weighted by atomic mass is 9.54. The summed E-state index contributed by atoms with van der Waals surface area (Å²) < 4.78 is 5.46. The van der Waals surface area contributed by atoms with Crippen LogP contribution in [0.5, 0.6) is 0 Å². The summed E-state index contributed by atoms with van der Waals surface area (Å²) in [6.07, 6.45) is 8.81. The van der Waals surface area contributed by atoms with Gasteiger partial charge in [0.25, 0.3) is 6.01 Å². The van der Waals surface area contributed by atoms with Crippen molar-refractivity contribution in [1.29, 1.82) is 0 Å². The van der Waals surface area contributed by atoms with Crippen LogP contribution in [0.1, 0.15) is 37.8 Å². The van der Waals surface area contributed by atoms with Crippen molar-refractivity contribution in [3.63, 3.8) is 0 Å². The minimum absolute atomic E-state index is 0.451.